The van der Waals surface area contributed by atoms with Gasteiger partial charge in [0.2, 0.25) is 0 Å². The Morgan fingerprint density at radius 2 is 1.76 bits per heavy atom. The van der Waals surface area contributed by atoms with Gasteiger partial charge in [0.25, 0.3) is 0 Å². The van der Waals surface area contributed by atoms with Crippen molar-refractivity contribution >= 4 is 0 Å². The number of hydrogen-bond donors (Lipinski definition) is 1. The first-order valence-electron chi connectivity index (χ1n) is 8.50. The Labute approximate surface area is 130 Å². The van der Waals surface area contributed by atoms with Crippen molar-refractivity contribution in [1.82, 2.24) is 0 Å². The van der Waals surface area contributed by atoms with Gasteiger partial charge >= 0.3 is 0 Å². The van der Waals surface area contributed by atoms with Crippen molar-refractivity contribution in [1.29, 1.82) is 0 Å². The van der Waals surface area contributed by atoms with E-state index in [-0.39, 0.29) is 6.10 Å². The molecule has 0 aromatic heterocycles. The predicted molar refractivity (Wildman–Crippen MR) is 91.1 cm³/mol. The molecule has 0 saturated heterocycles. The van der Waals surface area contributed by atoms with Gasteiger partial charge in [-0.2, -0.15) is 0 Å². The predicted octanol–water partition coefficient (Wildman–Crippen LogP) is 5.42. The van der Waals surface area contributed by atoms with Gasteiger partial charge in [-0.25, -0.2) is 0 Å². The van der Waals surface area contributed by atoms with Crippen molar-refractivity contribution in [2.75, 3.05) is 0 Å². The molecule has 0 aromatic rings. The fourth-order valence-electron chi connectivity index (χ4n) is 3.71. The van der Waals surface area contributed by atoms with Gasteiger partial charge in [0.1, 0.15) is 0 Å². The molecular weight excluding hydrogens is 256 g/mol. The van der Waals surface area contributed by atoms with Crippen LogP contribution < -0.4 is 0 Å². The topological polar surface area (TPSA) is 20.2 Å². The van der Waals surface area contributed by atoms with Crippen LogP contribution in [0.3, 0.4) is 0 Å². The van der Waals surface area contributed by atoms with E-state index >= 15 is 0 Å². The van der Waals surface area contributed by atoms with Gasteiger partial charge in [0.15, 0.2) is 0 Å². The number of aliphatic hydroxyl groups excluding tert-OH is 1. The van der Waals surface area contributed by atoms with Crippen LogP contribution >= 0.6 is 0 Å². The van der Waals surface area contributed by atoms with Crippen LogP contribution in [0.1, 0.15) is 66.7 Å². The standard InChI is InChI=1S/C20H32O/c1-14-9-11-17-18(20(17,4)5)13-15(2)7-6-8-16(3)19(21)12-10-14/h8,10,13,17-19,21H,6-7,9,11-12H2,1-5H3/t17-,18+,19?/m0/s1. The third-order valence-corrected chi connectivity index (χ3v) is 5.67. The van der Waals surface area contributed by atoms with Crippen molar-refractivity contribution in [3.05, 3.63) is 34.9 Å². The lowest BCUT2D eigenvalue weighted by atomic mass is 10.00. The summed E-state index contributed by atoms with van der Waals surface area (Å²) in [6.45, 7) is 11.4. The number of hydrogen-bond acceptors (Lipinski definition) is 1. The smallest absolute Gasteiger partial charge is 0.0781 e. The second kappa shape index (κ2) is 6.52. The lowest BCUT2D eigenvalue weighted by Gasteiger charge is -2.11. The number of aliphatic hydroxyl groups is 1. The Balaban J connectivity index is 2.14. The zero-order chi connectivity index (χ0) is 15.6. The van der Waals surface area contributed by atoms with Crippen LogP contribution in [0, 0.1) is 17.3 Å². The number of fused-ring (bicyclic) bond motifs is 1. The van der Waals surface area contributed by atoms with E-state index in [9.17, 15) is 5.11 Å². The van der Waals surface area contributed by atoms with Gasteiger partial charge in [0.05, 0.1) is 6.10 Å². The fraction of sp³-hybridized carbons (Fsp3) is 0.700. The highest BCUT2D eigenvalue weighted by atomic mass is 16.3. The molecule has 1 N–H and O–H groups in total. The second-order valence-corrected chi connectivity index (χ2v) is 7.79. The van der Waals surface area contributed by atoms with E-state index in [1.807, 2.05) is 0 Å². The largest absolute Gasteiger partial charge is 0.388 e. The van der Waals surface area contributed by atoms with Gasteiger partial charge < -0.3 is 5.11 Å². The molecule has 2 aliphatic rings. The van der Waals surface area contributed by atoms with Gasteiger partial charge in [-0.15, -0.1) is 0 Å². The minimum Gasteiger partial charge on any atom is -0.388 e. The van der Waals surface area contributed by atoms with Crippen LogP contribution in [0.15, 0.2) is 34.9 Å². The molecule has 1 nitrogen and oxygen atoms in total. The maximum absolute atomic E-state index is 10.2. The van der Waals surface area contributed by atoms with Crippen LogP contribution in [0.4, 0.5) is 0 Å². The minimum atomic E-state index is -0.308. The Kier molecular flexibility index (Phi) is 5.14. The Morgan fingerprint density at radius 3 is 2.48 bits per heavy atom. The Morgan fingerprint density at radius 1 is 1.05 bits per heavy atom. The molecule has 0 spiro atoms. The van der Waals surface area contributed by atoms with Crippen molar-refractivity contribution in [2.24, 2.45) is 17.3 Å². The summed E-state index contributed by atoms with van der Waals surface area (Å²) in [4.78, 5) is 0. The molecule has 1 unspecified atom stereocenters. The van der Waals surface area contributed by atoms with Gasteiger partial charge in [-0.1, -0.05) is 43.2 Å². The summed E-state index contributed by atoms with van der Waals surface area (Å²) in [5.41, 5.74) is 4.54. The summed E-state index contributed by atoms with van der Waals surface area (Å²) in [7, 11) is 0. The molecule has 0 aromatic carbocycles. The molecule has 3 atom stereocenters. The molecule has 0 radical (unpaired) electrons. The molecule has 2 rings (SSSR count). The normalized spacial score (nSPS) is 34.0. The lowest BCUT2D eigenvalue weighted by molar-refractivity contribution is 0.213. The minimum absolute atomic E-state index is 0.308. The Bertz CT molecular complexity index is 464. The summed E-state index contributed by atoms with van der Waals surface area (Å²) in [5.74, 6) is 1.60. The SMILES string of the molecule is CC1=C[C@@H]2[C@H](CCC(C)=CCC(O)C(C)=CCC1)C2(C)C. The summed E-state index contributed by atoms with van der Waals surface area (Å²) >= 11 is 0. The lowest BCUT2D eigenvalue weighted by Crippen LogP contribution is -2.07. The van der Waals surface area contributed by atoms with Crippen molar-refractivity contribution in [2.45, 2.75) is 72.8 Å². The van der Waals surface area contributed by atoms with Crippen molar-refractivity contribution < 1.29 is 5.11 Å². The Hall–Kier alpha value is -0.820. The average molecular weight is 288 g/mol. The molecule has 0 amide bonds. The van der Waals surface area contributed by atoms with Gasteiger partial charge in [0, 0.05) is 0 Å². The van der Waals surface area contributed by atoms with Gasteiger partial charge in [-0.05, 0) is 75.7 Å². The molecular formula is C20H32O. The molecule has 0 bridgehead atoms. The fourth-order valence-corrected chi connectivity index (χ4v) is 3.71. The molecule has 1 fully saturated rings. The van der Waals surface area contributed by atoms with Crippen molar-refractivity contribution in [3.8, 4) is 0 Å². The third-order valence-electron chi connectivity index (χ3n) is 5.67. The summed E-state index contributed by atoms with van der Waals surface area (Å²) in [5, 5.41) is 10.2. The number of allylic oxidation sites excluding steroid dienone is 4. The van der Waals surface area contributed by atoms with Crippen molar-refractivity contribution in [3.63, 3.8) is 0 Å². The monoisotopic (exact) mass is 288 g/mol. The molecule has 21 heavy (non-hydrogen) atoms. The maximum atomic E-state index is 10.2. The first-order valence-corrected chi connectivity index (χ1v) is 8.50. The quantitative estimate of drug-likeness (QED) is 0.590. The highest BCUT2D eigenvalue weighted by Crippen LogP contribution is 2.61. The molecule has 1 saturated carbocycles. The highest BCUT2D eigenvalue weighted by molar-refractivity contribution is 5.19. The highest BCUT2D eigenvalue weighted by Gasteiger charge is 2.55. The summed E-state index contributed by atoms with van der Waals surface area (Å²) in [6.07, 6.45) is 12.1. The third kappa shape index (κ3) is 4.10. The summed E-state index contributed by atoms with van der Waals surface area (Å²) in [6, 6.07) is 0. The van der Waals surface area contributed by atoms with E-state index < -0.39 is 0 Å². The maximum Gasteiger partial charge on any atom is 0.0781 e. The average Bonchev–Trinajstić information content (AvgIpc) is 2.92. The van der Waals surface area contributed by atoms with E-state index in [1.54, 1.807) is 0 Å². The first-order chi connectivity index (χ1) is 9.82. The van der Waals surface area contributed by atoms with Crippen LogP contribution in [0.5, 0.6) is 0 Å². The van der Waals surface area contributed by atoms with Crippen LogP contribution in [-0.2, 0) is 0 Å². The van der Waals surface area contributed by atoms with E-state index in [0.717, 1.165) is 36.7 Å². The second-order valence-electron chi connectivity index (χ2n) is 7.79. The summed E-state index contributed by atoms with van der Waals surface area (Å²) < 4.78 is 0. The van der Waals surface area contributed by atoms with E-state index in [4.69, 9.17) is 0 Å². The first kappa shape index (κ1) is 16.5. The van der Waals surface area contributed by atoms with E-state index in [1.165, 1.54) is 24.0 Å². The van der Waals surface area contributed by atoms with Crippen LogP contribution in [0.25, 0.3) is 0 Å². The number of rotatable bonds is 0. The molecule has 118 valence electrons. The van der Waals surface area contributed by atoms with E-state index in [0.29, 0.717) is 5.41 Å². The molecule has 0 heterocycles. The molecule has 1 heteroatoms. The molecule has 2 aliphatic carbocycles. The van der Waals surface area contributed by atoms with Gasteiger partial charge in [-0.3, -0.25) is 0 Å². The van der Waals surface area contributed by atoms with Crippen LogP contribution in [0.2, 0.25) is 0 Å². The van der Waals surface area contributed by atoms with Crippen LogP contribution in [-0.4, -0.2) is 11.2 Å². The zero-order valence-corrected chi connectivity index (χ0v) is 14.4. The molecule has 0 aliphatic heterocycles. The van der Waals surface area contributed by atoms with E-state index in [2.05, 4.69) is 52.8 Å². The zero-order valence-electron chi connectivity index (χ0n) is 14.4.